The van der Waals surface area contributed by atoms with E-state index in [-0.39, 0.29) is 41.1 Å². The van der Waals surface area contributed by atoms with E-state index >= 15 is 0 Å². The van der Waals surface area contributed by atoms with Crippen LogP contribution in [0.5, 0.6) is 5.75 Å². The standard InChI is InChI=1S/C15H22O5S.Na/c1-20-14-10-8-13(9-11-14)15(16)7-5-3-2-4-6-12-21(17,18)19;/h8-11H,2-7,12H2,1H3,(H,17,18,19);/q;+1/p-1. The van der Waals surface area contributed by atoms with Gasteiger partial charge in [-0.05, 0) is 37.1 Å². The van der Waals surface area contributed by atoms with Gasteiger partial charge in [0.2, 0.25) is 0 Å². The number of ketones is 1. The number of hydrogen-bond donors (Lipinski definition) is 0. The van der Waals surface area contributed by atoms with Crippen LogP contribution < -0.4 is 34.3 Å². The molecular formula is C15H21NaO5S. The Balaban J connectivity index is 0.00000441. The second-order valence-electron chi connectivity index (χ2n) is 4.93. The predicted molar refractivity (Wildman–Crippen MR) is 79.6 cm³/mol. The molecule has 5 nitrogen and oxygen atoms in total. The molecule has 0 aliphatic heterocycles. The first-order valence-electron chi connectivity index (χ1n) is 7.03. The van der Waals surface area contributed by atoms with E-state index in [2.05, 4.69) is 0 Å². The molecule has 0 aliphatic rings. The third-order valence-corrected chi connectivity index (χ3v) is 4.00. The van der Waals surface area contributed by atoms with Crippen molar-refractivity contribution in [2.24, 2.45) is 0 Å². The topological polar surface area (TPSA) is 83.5 Å². The largest absolute Gasteiger partial charge is 1.00 e. The number of methoxy groups -OCH3 is 1. The summed E-state index contributed by atoms with van der Waals surface area (Å²) in [7, 11) is -2.51. The molecule has 0 spiro atoms. The van der Waals surface area contributed by atoms with E-state index in [9.17, 15) is 17.8 Å². The van der Waals surface area contributed by atoms with E-state index in [0.717, 1.165) is 25.0 Å². The van der Waals surface area contributed by atoms with Gasteiger partial charge in [0.1, 0.15) is 5.75 Å². The predicted octanol–water partition coefficient (Wildman–Crippen LogP) is -0.232. The molecule has 0 saturated heterocycles. The molecule has 22 heavy (non-hydrogen) atoms. The van der Waals surface area contributed by atoms with Crippen molar-refractivity contribution in [3.8, 4) is 5.75 Å². The fourth-order valence-corrected chi connectivity index (χ4v) is 2.57. The maximum absolute atomic E-state index is 11.9. The average molecular weight is 336 g/mol. The van der Waals surface area contributed by atoms with E-state index in [4.69, 9.17) is 4.74 Å². The minimum Gasteiger partial charge on any atom is -0.748 e. The van der Waals surface area contributed by atoms with E-state index in [1.54, 1.807) is 31.4 Å². The molecule has 1 rings (SSSR count). The Morgan fingerprint density at radius 2 is 1.59 bits per heavy atom. The molecule has 0 fully saturated rings. The van der Waals surface area contributed by atoms with Gasteiger partial charge in [-0.15, -0.1) is 0 Å². The van der Waals surface area contributed by atoms with Crippen LogP contribution in [0, 0.1) is 0 Å². The van der Waals surface area contributed by atoms with Crippen LogP contribution in [-0.2, 0) is 10.1 Å². The quantitative estimate of drug-likeness (QED) is 0.255. The van der Waals surface area contributed by atoms with Gasteiger partial charge in [-0.2, -0.15) is 0 Å². The number of Topliss-reactive ketones (excluding diaryl/α,β-unsaturated/α-hetero) is 1. The van der Waals surface area contributed by atoms with Gasteiger partial charge in [0.15, 0.2) is 5.78 Å². The minimum atomic E-state index is -4.09. The molecule has 1 aromatic carbocycles. The molecule has 0 radical (unpaired) electrons. The average Bonchev–Trinajstić information content (AvgIpc) is 2.45. The van der Waals surface area contributed by atoms with Gasteiger partial charge < -0.3 is 9.29 Å². The third kappa shape index (κ3) is 9.58. The molecule has 0 atom stereocenters. The minimum absolute atomic E-state index is 0. The molecule has 0 amide bonds. The smallest absolute Gasteiger partial charge is 0.748 e. The number of carbonyl (C=O) groups excluding carboxylic acids is 1. The number of unbranched alkanes of at least 4 members (excludes halogenated alkanes) is 4. The first kappa shape index (κ1) is 21.6. The van der Waals surface area contributed by atoms with Gasteiger partial charge in [-0.1, -0.05) is 19.3 Å². The molecular weight excluding hydrogens is 315 g/mol. The van der Waals surface area contributed by atoms with Crippen molar-refractivity contribution in [2.75, 3.05) is 12.9 Å². The van der Waals surface area contributed by atoms with Crippen LogP contribution in [0.3, 0.4) is 0 Å². The number of carbonyl (C=O) groups is 1. The van der Waals surface area contributed by atoms with Crippen molar-refractivity contribution in [3.63, 3.8) is 0 Å². The van der Waals surface area contributed by atoms with Crippen LogP contribution in [0.4, 0.5) is 0 Å². The fourth-order valence-electron chi connectivity index (χ4n) is 2.02. The zero-order chi connectivity index (χ0) is 15.7. The summed E-state index contributed by atoms with van der Waals surface area (Å²) in [6, 6.07) is 7.02. The summed E-state index contributed by atoms with van der Waals surface area (Å²) in [4.78, 5) is 11.9. The molecule has 0 unspecified atom stereocenters. The molecule has 0 aliphatic carbocycles. The van der Waals surface area contributed by atoms with Crippen LogP contribution in [0.25, 0.3) is 0 Å². The maximum atomic E-state index is 11.9. The summed E-state index contributed by atoms with van der Waals surface area (Å²) in [5.74, 6) is 0.525. The number of rotatable bonds is 10. The van der Waals surface area contributed by atoms with Crippen LogP contribution in [0.1, 0.15) is 48.9 Å². The summed E-state index contributed by atoms with van der Waals surface area (Å²) < 4.78 is 36.2. The molecule has 0 N–H and O–H groups in total. The van der Waals surface area contributed by atoms with Crippen molar-refractivity contribution in [3.05, 3.63) is 29.8 Å². The number of hydrogen-bond acceptors (Lipinski definition) is 5. The normalized spacial score (nSPS) is 10.8. The summed E-state index contributed by atoms with van der Waals surface area (Å²) in [6.45, 7) is 0. The van der Waals surface area contributed by atoms with Gasteiger partial charge in [-0.3, -0.25) is 4.79 Å². The van der Waals surface area contributed by atoms with Crippen LogP contribution in [-0.4, -0.2) is 31.6 Å². The zero-order valence-electron chi connectivity index (χ0n) is 13.2. The molecule has 7 heteroatoms. The molecule has 0 saturated carbocycles. The Hall–Kier alpha value is -0.400. The molecule has 1 aromatic rings. The first-order chi connectivity index (χ1) is 9.92. The van der Waals surface area contributed by atoms with E-state index in [1.165, 1.54) is 0 Å². The van der Waals surface area contributed by atoms with E-state index in [1.807, 2.05) is 0 Å². The van der Waals surface area contributed by atoms with Crippen molar-refractivity contribution in [2.45, 2.75) is 38.5 Å². The fraction of sp³-hybridized carbons (Fsp3) is 0.533. The molecule has 0 heterocycles. The summed E-state index contributed by atoms with van der Waals surface area (Å²) in [5.41, 5.74) is 0.674. The van der Waals surface area contributed by atoms with Gasteiger partial charge in [-0.25, -0.2) is 8.42 Å². The summed E-state index contributed by atoms with van der Waals surface area (Å²) >= 11 is 0. The van der Waals surface area contributed by atoms with Gasteiger partial charge in [0.25, 0.3) is 0 Å². The van der Waals surface area contributed by atoms with Gasteiger partial charge in [0, 0.05) is 17.7 Å². The number of ether oxygens (including phenoxy) is 1. The van der Waals surface area contributed by atoms with Crippen LogP contribution >= 0.6 is 0 Å². The zero-order valence-corrected chi connectivity index (χ0v) is 16.0. The Morgan fingerprint density at radius 3 is 2.14 bits per heavy atom. The second-order valence-corrected chi connectivity index (χ2v) is 6.45. The number of benzene rings is 1. The Kier molecular flexibility index (Phi) is 11.0. The van der Waals surface area contributed by atoms with Crippen molar-refractivity contribution in [1.82, 2.24) is 0 Å². The summed E-state index contributed by atoms with van der Waals surface area (Å²) in [6.07, 6.45) is 4.06. The van der Waals surface area contributed by atoms with Gasteiger partial charge >= 0.3 is 29.6 Å². The van der Waals surface area contributed by atoms with E-state index in [0.29, 0.717) is 24.8 Å². The summed E-state index contributed by atoms with van der Waals surface area (Å²) in [5, 5.41) is 0. The SMILES string of the molecule is COc1ccc(C(=O)CCCCCCCS(=O)(=O)[O-])cc1.[Na+]. The van der Waals surface area contributed by atoms with Gasteiger partial charge in [0.05, 0.1) is 17.2 Å². The Bertz CT molecular complexity index is 540. The Labute approximate surface area is 154 Å². The molecule has 0 aromatic heterocycles. The second kappa shape index (κ2) is 11.2. The Morgan fingerprint density at radius 1 is 1.05 bits per heavy atom. The monoisotopic (exact) mass is 336 g/mol. The molecule has 0 bridgehead atoms. The van der Waals surface area contributed by atoms with Crippen molar-refractivity contribution < 1.29 is 52.1 Å². The maximum Gasteiger partial charge on any atom is 1.00 e. The first-order valence-corrected chi connectivity index (χ1v) is 8.61. The van der Waals surface area contributed by atoms with Crippen LogP contribution in [0.2, 0.25) is 0 Å². The molecule has 118 valence electrons. The van der Waals surface area contributed by atoms with E-state index < -0.39 is 10.1 Å². The third-order valence-electron chi connectivity index (χ3n) is 3.21. The van der Waals surface area contributed by atoms with Crippen LogP contribution in [0.15, 0.2) is 24.3 Å². The van der Waals surface area contributed by atoms with Crippen molar-refractivity contribution in [1.29, 1.82) is 0 Å². The van der Waals surface area contributed by atoms with Crippen molar-refractivity contribution >= 4 is 15.9 Å².